The Morgan fingerprint density at radius 3 is 2.50 bits per heavy atom. The van der Waals surface area contributed by atoms with E-state index in [9.17, 15) is 0 Å². The van der Waals surface area contributed by atoms with Gasteiger partial charge in [-0.25, -0.2) is 4.68 Å². The third kappa shape index (κ3) is 1.49. The van der Waals surface area contributed by atoms with Gasteiger partial charge in [-0.15, -0.1) is 5.10 Å². The predicted octanol–water partition coefficient (Wildman–Crippen LogP) is 2.10. The molecule has 1 aliphatic rings. The largest absolute Gasteiger partial charge is 0.382 e. The van der Waals surface area contributed by atoms with Crippen LogP contribution in [0.5, 0.6) is 0 Å². The average molecular weight is 194 g/mol. The number of aromatic nitrogens is 3. The van der Waals surface area contributed by atoms with Gasteiger partial charge < -0.3 is 5.73 Å². The first kappa shape index (κ1) is 9.49. The third-order valence-corrected chi connectivity index (χ3v) is 2.99. The normalized spacial score (nSPS) is 18.2. The molecule has 0 saturated heterocycles. The number of nitrogen functional groups attached to an aromatic ring is 1. The van der Waals surface area contributed by atoms with E-state index in [1.54, 1.807) is 0 Å². The van der Waals surface area contributed by atoms with Gasteiger partial charge in [0.05, 0.1) is 6.04 Å². The van der Waals surface area contributed by atoms with Crippen LogP contribution in [-0.4, -0.2) is 15.0 Å². The van der Waals surface area contributed by atoms with Crippen LogP contribution in [0.15, 0.2) is 0 Å². The second-order valence-electron chi connectivity index (χ2n) is 4.38. The van der Waals surface area contributed by atoms with E-state index in [4.69, 9.17) is 5.73 Å². The first-order valence-electron chi connectivity index (χ1n) is 5.40. The molecule has 0 radical (unpaired) electrons. The number of hydrogen-bond acceptors (Lipinski definition) is 3. The summed E-state index contributed by atoms with van der Waals surface area (Å²) >= 11 is 0. The SMILES string of the molecule is CC(C)n1nnc(C2CCCC2)c1N. The zero-order chi connectivity index (χ0) is 10.1. The highest BCUT2D eigenvalue weighted by Crippen LogP contribution is 2.35. The zero-order valence-corrected chi connectivity index (χ0v) is 8.90. The van der Waals surface area contributed by atoms with Crippen molar-refractivity contribution in [2.24, 2.45) is 0 Å². The van der Waals surface area contributed by atoms with Crippen LogP contribution < -0.4 is 5.73 Å². The second-order valence-corrected chi connectivity index (χ2v) is 4.38. The van der Waals surface area contributed by atoms with Crippen LogP contribution in [0.25, 0.3) is 0 Å². The van der Waals surface area contributed by atoms with E-state index < -0.39 is 0 Å². The predicted molar refractivity (Wildman–Crippen MR) is 56.0 cm³/mol. The van der Waals surface area contributed by atoms with Gasteiger partial charge in [-0.1, -0.05) is 18.1 Å². The Morgan fingerprint density at radius 1 is 1.36 bits per heavy atom. The van der Waals surface area contributed by atoms with Crippen molar-refractivity contribution in [1.82, 2.24) is 15.0 Å². The summed E-state index contributed by atoms with van der Waals surface area (Å²) in [5, 5.41) is 8.31. The van der Waals surface area contributed by atoms with Crippen LogP contribution in [0.2, 0.25) is 0 Å². The fraction of sp³-hybridized carbons (Fsp3) is 0.800. The van der Waals surface area contributed by atoms with Crippen molar-refractivity contribution >= 4 is 5.82 Å². The monoisotopic (exact) mass is 194 g/mol. The third-order valence-electron chi connectivity index (χ3n) is 2.99. The molecule has 14 heavy (non-hydrogen) atoms. The number of nitrogens with two attached hydrogens (primary N) is 1. The Labute approximate surface area is 84.5 Å². The van der Waals surface area contributed by atoms with Gasteiger partial charge in [-0.05, 0) is 26.7 Å². The minimum absolute atomic E-state index is 0.303. The lowest BCUT2D eigenvalue weighted by atomic mass is 10.0. The van der Waals surface area contributed by atoms with Crippen LogP contribution in [0.3, 0.4) is 0 Å². The highest BCUT2D eigenvalue weighted by atomic mass is 15.5. The van der Waals surface area contributed by atoms with Gasteiger partial charge >= 0.3 is 0 Å². The minimum Gasteiger partial charge on any atom is -0.382 e. The Bertz CT molecular complexity index is 310. The molecule has 4 nitrogen and oxygen atoms in total. The van der Waals surface area contributed by atoms with Crippen molar-refractivity contribution in [1.29, 1.82) is 0 Å². The molecule has 0 aliphatic heterocycles. The zero-order valence-electron chi connectivity index (χ0n) is 8.90. The molecule has 1 aromatic rings. The molecule has 78 valence electrons. The van der Waals surface area contributed by atoms with Gasteiger partial charge in [0.1, 0.15) is 11.5 Å². The Kier molecular flexibility index (Phi) is 2.44. The molecular formula is C10H18N4. The van der Waals surface area contributed by atoms with E-state index >= 15 is 0 Å². The van der Waals surface area contributed by atoms with Gasteiger partial charge in [0.15, 0.2) is 0 Å². The maximum absolute atomic E-state index is 6.02. The molecule has 0 amide bonds. The van der Waals surface area contributed by atoms with Crippen LogP contribution in [0.1, 0.15) is 57.2 Å². The number of nitrogens with zero attached hydrogens (tertiary/aromatic N) is 3. The van der Waals surface area contributed by atoms with E-state index in [2.05, 4.69) is 24.2 Å². The van der Waals surface area contributed by atoms with Crippen molar-refractivity contribution in [3.8, 4) is 0 Å². The number of hydrogen-bond donors (Lipinski definition) is 1. The van der Waals surface area contributed by atoms with E-state index in [0.717, 1.165) is 11.5 Å². The standard InChI is InChI=1S/C10H18N4/c1-7(2)14-10(11)9(12-13-14)8-5-3-4-6-8/h7-8H,3-6,11H2,1-2H3. The van der Waals surface area contributed by atoms with Crippen molar-refractivity contribution in [2.75, 3.05) is 5.73 Å². The Morgan fingerprint density at radius 2 is 2.00 bits per heavy atom. The summed E-state index contributed by atoms with van der Waals surface area (Å²) in [6.45, 7) is 4.15. The van der Waals surface area contributed by atoms with Gasteiger partial charge in [0.25, 0.3) is 0 Å². The molecule has 1 saturated carbocycles. The summed E-state index contributed by atoms with van der Waals surface area (Å²) in [6.07, 6.45) is 5.05. The minimum atomic E-state index is 0.303. The lowest BCUT2D eigenvalue weighted by Crippen LogP contribution is -2.08. The van der Waals surface area contributed by atoms with Crippen molar-refractivity contribution in [2.45, 2.75) is 51.5 Å². The molecular weight excluding hydrogens is 176 g/mol. The molecule has 1 fully saturated rings. The number of anilines is 1. The van der Waals surface area contributed by atoms with Crippen molar-refractivity contribution in [3.05, 3.63) is 5.69 Å². The smallest absolute Gasteiger partial charge is 0.146 e. The fourth-order valence-corrected chi connectivity index (χ4v) is 2.18. The molecule has 0 spiro atoms. The first-order chi connectivity index (χ1) is 6.70. The molecule has 0 aromatic carbocycles. The van der Waals surface area contributed by atoms with Gasteiger partial charge in [0.2, 0.25) is 0 Å². The summed E-state index contributed by atoms with van der Waals surface area (Å²) in [6, 6.07) is 0.303. The summed E-state index contributed by atoms with van der Waals surface area (Å²) in [4.78, 5) is 0. The highest BCUT2D eigenvalue weighted by Gasteiger charge is 2.24. The molecule has 2 N–H and O–H groups in total. The van der Waals surface area contributed by atoms with Gasteiger partial charge in [-0.3, -0.25) is 0 Å². The molecule has 1 aliphatic carbocycles. The summed E-state index contributed by atoms with van der Waals surface area (Å²) in [5.74, 6) is 1.33. The van der Waals surface area contributed by atoms with Gasteiger partial charge in [0, 0.05) is 5.92 Å². The highest BCUT2D eigenvalue weighted by molar-refractivity contribution is 5.37. The first-order valence-corrected chi connectivity index (χ1v) is 5.40. The summed E-state index contributed by atoms with van der Waals surface area (Å²) < 4.78 is 1.81. The van der Waals surface area contributed by atoms with Crippen LogP contribution in [0.4, 0.5) is 5.82 Å². The molecule has 1 heterocycles. The van der Waals surface area contributed by atoms with E-state index in [1.165, 1.54) is 25.7 Å². The topological polar surface area (TPSA) is 56.7 Å². The molecule has 4 heteroatoms. The van der Waals surface area contributed by atoms with Crippen molar-refractivity contribution in [3.63, 3.8) is 0 Å². The fourth-order valence-electron chi connectivity index (χ4n) is 2.18. The number of rotatable bonds is 2. The lowest BCUT2D eigenvalue weighted by molar-refractivity contribution is 0.521. The van der Waals surface area contributed by atoms with Crippen LogP contribution >= 0.6 is 0 Å². The maximum atomic E-state index is 6.02. The van der Waals surface area contributed by atoms with E-state index in [-0.39, 0.29) is 0 Å². The molecule has 0 bridgehead atoms. The van der Waals surface area contributed by atoms with E-state index in [0.29, 0.717) is 12.0 Å². The molecule has 1 aromatic heterocycles. The van der Waals surface area contributed by atoms with Crippen molar-refractivity contribution < 1.29 is 0 Å². The van der Waals surface area contributed by atoms with E-state index in [1.807, 2.05) is 4.68 Å². The van der Waals surface area contributed by atoms with Crippen LogP contribution in [0, 0.1) is 0 Å². The summed E-state index contributed by atoms with van der Waals surface area (Å²) in [5.41, 5.74) is 7.05. The van der Waals surface area contributed by atoms with Gasteiger partial charge in [-0.2, -0.15) is 0 Å². The summed E-state index contributed by atoms with van der Waals surface area (Å²) in [7, 11) is 0. The maximum Gasteiger partial charge on any atom is 0.146 e. The molecule has 0 unspecified atom stereocenters. The quantitative estimate of drug-likeness (QED) is 0.784. The molecule has 0 atom stereocenters. The molecule has 2 rings (SSSR count). The Hall–Kier alpha value is -1.06. The Balaban J connectivity index is 2.26. The second kappa shape index (κ2) is 3.59. The average Bonchev–Trinajstić information content (AvgIpc) is 2.71. The lowest BCUT2D eigenvalue weighted by Gasteiger charge is -2.08. The van der Waals surface area contributed by atoms with Crippen LogP contribution in [-0.2, 0) is 0 Å².